The summed E-state index contributed by atoms with van der Waals surface area (Å²) in [6, 6.07) is 7.32. The van der Waals surface area contributed by atoms with Crippen molar-refractivity contribution in [2.24, 2.45) is 5.92 Å². The van der Waals surface area contributed by atoms with Gasteiger partial charge >= 0.3 is 0 Å². The van der Waals surface area contributed by atoms with E-state index >= 15 is 0 Å². The van der Waals surface area contributed by atoms with Gasteiger partial charge in [-0.25, -0.2) is 0 Å². The molecule has 0 amide bonds. The number of rotatable bonds is 4. The molecule has 1 saturated heterocycles. The Labute approximate surface area is 140 Å². The van der Waals surface area contributed by atoms with Crippen molar-refractivity contribution in [3.05, 3.63) is 35.5 Å². The number of H-pyrrole nitrogens is 1. The summed E-state index contributed by atoms with van der Waals surface area (Å²) in [5, 5.41) is 1.46. The van der Waals surface area contributed by atoms with Gasteiger partial charge in [-0.1, -0.05) is 19.1 Å². The first kappa shape index (κ1) is 15.4. The number of benzene rings is 1. The molecule has 4 atom stereocenters. The largest absolute Gasteiger partial charge is 0.361 e. The monoisotopic (exact) mass is 330 g/mol. The SMILES string of the molecule is CCCN1C[C@H](CS(C)=O)CC2c3cccc4[nH]cc(c34)C[C@@H]21. The van der Waals surface area contributed by atoms with Crippen molar-refractivity contribution >= 4 is 21.7 Å². The average molecular weight is 330 g/mol. The maximum absolute atomic E-state index is 11.8. The minimum absolute atomic E-state index is 0.560. The van der Waals surface area contributed by atoms with Crippen molar-refractivity contribution in [2.75, 3.05) is 25.1 Å². The van der Waals surface area contributed by atoms with Crippen LogP contribution in [0.1, 0.15) is 36.8 Å². The Morgan fingerprint density at radius 1 is 1.39 bits per heavy atom. The highest BCUT2D eigenvalue weighted by Crippen LogP contribution is 2.44. The Bertz CT molecular complexity index is 738. The van der Waals surface area contributed by atoms with Gasteiger partial charge < -0.3 is 4.98 Å². The van der Waals surface area contributed by atoms with Crippen LogP contribution in [-0.2, 0) is 17.2 Å². The van der Waals surface area contributed by atoms with E-state index in [9.17, 15) is 4.21 Å². The van der Waals surface area contributed by atoms with Gasteiger partial charge in [-0.05, 0) is 48.9 Å². The van der Waals surface area contributed by atoms with Gasteiger partial charge in [0.2, 0.25) is 0 Å². The van der Waals surface area contributed by atoms with Gasteiger partial charge in [0, 0.05) is 58.4 Å². The Balaban J connectivity index is 1.74. The number of hydrogen-bond donors (Lipinski definition) is 1. The first-order valence-electron chi connectivity index (χ1n) is 8.80. The lowest BCUT2D eigenvalue weighted by atomic mass is 9.72. The summed E-state index contributed by atoms with van der Waals surface area (Å²) >= 11 is 0. The highest BCUT2D eigenvalue weighted by atomic mass is 32.2. The Morgan fingerprint density at radius 2 is 2.26 bits per heavy atom. The number of aromatic nitrogens is 1. The standard InChI is InChI=1S/C19H26N2OS/c1-3-7-21-11-13(12-23(2)22)8-16-15-5-4-6-17-19(15)14(10-20-17)9-18(16)21/h4-6,10,13,16,18,20H,3,7-9,11-12H2,1-2H3/t13-,16?,18+,23?/m1/s1. The second-order valence-corrected chi connectivity index (χ2v) is 8.78. The van der Waals surface area contributed by atoms with E-state index in [1.807, 2.05) is 6.26 Å². The number of aromatic amines is 1. The van der Waals surface area contributed by atoms with Crippen LogP contribution in [-0.4, -0.2) is 45.2 Å². The second-order valence-electron chi connectivity index (χ2n) is 7.30. The van der Waals surface area contributed by atoms with Gasteiger partial charge in [0.15, 0.2) is 0 Å². The molecule has 1 aromatic heterocycles. The molecule has 4 rings (SSSR count). The number of nitrogens with zero attached hydrogens (tertiary/aromatic N) is 1. The van der Waals surface area contributed by atoms with Crippen LogP contribution in [0.25, 0.3) is 10.9 Å². The van der Waals surface area contributed by atoms with E-state index in [0.717, 1.165) is 25.3 Å². The van der Waals surface area contributed by atoms with Crippen molar-refractivity contribution < 1.29 is 4.21 Å². The summed E-state index contributed by atoms with van der Waals surface area (Å²) < 4.78 is 11.8. The van der Waals surface area contributed by atoms with Crippen molar-refractivity contribution in [1.29, 1.82) is 0 Å². The first-order chi connectivity index (χ1) is 11.2. The Morgan fingerprint density at radius 3 is 3.04 bits per heavy atom. The molecule has 2 aromatic rings. The van der Waals surface area contributed by atoms with Crippen molar-refractivity contribution in [3.63, 3.8) is 0 Å². The third-order valence-corrected chi connectivity index (χ3v) is 6.58. The van der Waals surface area contributed by atoms with E-state index in [2.05, 4.69) is 41.2 Å². The van der Waals surface area contributed by atoms with Gasteiger partial charge in [-0.3, -0.25) is 9.11 Å². The summed E-state index contributed by atoms with van der Waals surface area (Å²) in [6.45, 7) is 4.54. The molecule has 0 bridgehead atoms. The summed E-state index contributed by atoms with van der Waals surface area (Å²) in [6.07, 6.45) is 7.59. The molecule has 0 saturated carbocycles. The summed E-state index contributed by atoms with van der Waals surface area (Å²) in [5.41, 5.74) is 4.28. The lowest BCUT2D eigenvalue weighted by Gasteiger charge is -2.47. The molecule has 0 radical (unpaired) electrons. The number of nitrogens with one attached hydrogen (secondary N) is 1. The molecule has 2 aliphatic rings. The molecule has 0 spiro atoms. The summed E-state index contributed by atoms with van der Waals surface area (Å²) in [4.78, 5) is 6.13. The van der Waals surface area contributed by atoms with Crippen LogP contribution in [0.4, 0.5) is 0 Å². The van der Waals surface area contributed by atoms with Crippen LogP contribution < -0.4 is 0 Å². The molecule has 2 heterocycles. The van der Waals surface area contributed by atoms with E-state index in [-0.39, 0.29) is 0 Å². The number of likely N-dealkylation sites (tertiary alicyclic amines) is 1. The van der Waals surface area contributed by atoms with E-state index in [1.165, 1.54) is 34.9 Å². The minimum Gasteiger partial charge on any atom is -0.361 e. The second kappa shape index (κ2) is 6.06. The third-order valence-electron chi connectivity index (χ3n) is 5.64. The van der Waals surface area contributed by atoms with Gasteiger partial charge in [-0.2, -0.15) is 0 Å². The molecule has 3 nitrogen and oxygen atoms in total. The van der Waals surface area contributed by atoms with Gasteiger partial charge in [0.25, 0.3) is 0 Å². The van der Waals surface area contributed by atoms with E-state index in [0.29, 0.717) is 17.9 Å². The van der Waals surface area contributed by atoms with Crippen LogP contribution >= 0.6 is 0 Å². The zero-order chi connectivity index (χ0) is 16.0. The van der Waals surface area contributed by atoms with E-state index in [1.54, 1.807) is 0 Å². The van der Waals surface area contributed by atoms with Crippen molar-refractivity contribution in [2.45, 2.75) is 38.1 Å². The molecule has 124 valence electrons. The Kier molecular flexibility index (Phi) is 4.06. The molecular weight excluding hydrogens is 304 g/mol. The van der Waals surface area contributed by atoms with Gasteiger partial charge in [0.1, 0.15) is 0 Å². The van der Waals surface area contributed by atoms with Crippen LogP contribution in [0.3, 0.4) is 0 Å². The zero-order valence-electron chi connectivity index (χ0n) is 14.0. The van der Waals surface area contributed by atoms with Crippen molar-refractivity contribution in [1.82, 2.24) is 9.88 Å². The maximum Gasteiger partial charge on any atom is 0.0459 e. The van der Waals surface area contributed by atoms with Crippen LogP contribution in [0.15, 0.2) is 24.4 Å². The molecule has 1 aliphatic carbocycles. The van der Waals surface area contributed by atoms with Crippen LogP contribution in [0, 0.1) is 5.92 Å². The predicted octanol–water partition coefficient (Wildman–Crippen LogP) is 3.29. The average Bonchev–Trinajstić information content (AvgIpc) is 2.93. The minimum atomic E-state index is -0.701. The molecular formula is C19H26N2OS. The highest BCUT2D eigenvalue weighted by molar-refractivity contribution is 7.84. The quantitative estimate of drug-likeness (QED) is 0.934. The molecule has 1 fully saturated rings. The molecule has 2 unspecified atom stereocenters. The van der Waals surface area contributed by atoms with Crippen LogP contribution in [0.5, 0.6) is 0 Å². The number of fused-ring (bicyclic) bond motifs is 2. The van der Waals surface area contributed by atoms with Gasteiger partial charge in [-0.15, -0.1) is 0 Å². The number of piperidine rings is 1. The third kappa shape index (κ3) is 2.66. The maximum atomic E-state index is 11.8. The Hall–Kier alpha value is -1.13. The summed E-state index contributed by atoms with van der Waals surface area (Å²) in [7, 11) is -0.701. The lowest BCUT2D eigenvalue weighted by molar-refractivity contribution is 0.0923. The topological polar surface area (TPSA) is 36.1 Å². The normalized spacial score (nSPS) is 28.7. The van der Waals surface area contributed by atoms with E-state index in [4.69, 9.17) is 0 Å². The molecule has 1 aromatic carbocycles. The fourth-order valence-corrected chi connectivity index (χ4v) is 5.80. The number of hydrogen-bond acceptors (Lipinski definition) is 2. The predicted molar refractivity (Wildman–Crippen MR) is 97.4 cm³/mol. The fourth-order valence-electron chi connectivity index (χ4n) is 4.90. The smallest absolute Gasteiger partial charge is 0.0459 e. The van der Waals surface area contributed by atoms with E-state index < -0.39 is 10.8 Å². The molecule has 1 aliphatic heterocycles. The zero-order valence-corrected chi connectivity index (χ0v) is 14.9. The highest BCUT2D eigenvalue weighted by Gasteiger charge is 2.40. The molecule has 23 heavy (non-hydrogen) atoms. The fraction of sp³-hybridized carbons (Fsp3) is 0.579. The summed E-state index contributed by atoms with van der Waals surface area (Å²) in [5.74, 6) is 2.00. The molecule has 1 N–H and O–H groups in total. The molecule has 4 heteroatoms. The van der Waals surface area contributed by atoms with Crippen molar-refractivity contribution in [3.8, 4) is 0 Å². The van der Waals surface area contributed by atoms with Gasteiger partial charge in [0.05, 0.1) is 0 Å². The lowest BCUT2D eigenvalue weighted by Crippen LogP contribution is -2.51. The first-order valence-corrected chi connectivity index (χ1v) is 10.5. The van der Waals surface area contributed by atoms with Crippen LogP contribution in [0.2, 0.25) is 0 Å².